The molecule has 2 aliphatic rings. The largest absolute Gasteiger partial charge is 0.369 e. The Balaban J connectivity index is 1.90. The van der Waals surface area contributed by atoms with Crippen molar-refractivity contribution < 1.29 is 9.53 Å². The molecular formula is C19H34O2. The zero-order valence-electron chi connectivity index (χ0n) is 14.7. The van der Waals surface area contributed by atoms with E-state index in [4.69, 9.17) is 4.74 Å². The van der Waals surface area contributed by atoms with E-state index in [1.54, 1.807) is 0 Å². The van der Waals surface area contributed by atoms with Crippen molar-refractivity contribution in [3.8, 4) is 0 Å². The highest BCUT2D eigenvalue weighted by molar-refractivity contribution is 5.85. The first-order valence-electron chi connectivity index (χ1n) is 8.99. The van der Waals surface area contributed by atoms with Crippen LogP contribution in [0.25, 0.3) is 0 Å². The molecule has 2 nitrogen and oxygen atoms in total. The minimum absolute atomic E-state index is 0.0877. The van der Waals surface area contributed by atoms with Crippen molar-refractivity contribution in [3.63, 3.8) is 0 Å². The third kappa shape index (κ3) is 4.09. The second-order valence-electron chi connectivity index (χ2n) is 8.48. The van der Waals surface area contributed by atoms with Crippen molar-refractivity contribution in [1.82, 2.24) is 0 Å². The molecule has 122 valence electrons. The van der Waals surface area contributed by atoms with Crippen LogP contribution >= 0.6 is 0 Å². The lowest BCUT2D eigenvalue weighted by Gasteiger charge is -2.32. The van der Waals surface area contributed by atoms with E-state index < -0.39 is 0 Å². The summed E-state index contributed by atoms with van der Waals surface area (Å²) in [6.07, 6.45) is 9.63. The quantitative estimate of drug-likeness (QED) is 0.701. The summed E-state index contributed by atoms with van der Waals surface area (Å²) in [6.45, 7) is 10.7. The molecule has 1 atom stereocenters. The average Bonchev–Trinajstić information content (AvgIpc) is 2.64. The van der Waals surface area contributed by atoms with E-state index in [-0.39, 0.29) is 17.1 Å². The molecule has 0 spiro atoms. The number of ketones is 1. The highest BCUT2D eigenvalue weighted by atomic mass is 16.5. The van der Waals surface area contributed by atoms with Gasteiger partial charge in [-0.3, -0.25) is 4.79 Å². The van der Waals surface area contributed by atoms with Crippen molar-refractivity contribution >= 4 is 5.78 Å². The molecule has 1 aliphatic carbocycles. The van der Waals surface area contributed by atoms with Gasteiger partial charge in [-0.05, 0) is 65.7 Å². The number of hydrogen-bond donors (Lipinski definition) is 0. The predicted octanol–water partition coefficient (Wildman–Crippen LogP) is 5.15. The minimum Gasteiger partial charge on any atom is -0.369 e. The summed E-state index contributed by atoms with van der Waals surface area (Å²) < 4.78 is 6.11. The van der Waals surface area contributed by atoms with E-state index in [0.29, 0.717) is 11.7 Å². The van der Waals surface area contributed by atoms with Crippen molar-refractivity contribution in [2.75, 3.05) is 0 Å². The third-order valence-electron chi connectivity index (χ3n) is 5.63. The van der Waals surface area contributed by atoms with Crippen LogP contribution in [0.4, 0.5) is 0 Å². The van der Waals surface area contributed by atoms with E-state index in [1.807, 2.05) is 0 Å². The molecule has 0 amide bonds. The highest BCUT2D eigenvalue weighted by Crippen LogP contribution is 2.45. The van der Waals surface area contributed by atoms with Gasteiger partial charge in [0.1, 0.15) is 5.78 Å². The second-order valence-corrected chi connectivity index (χ2v) is 8.48. The van der Waals surface area contributed by atoms with E-state index in [2.05, 4.69) is 34.6 Å². The van der Waals surface area contributed by atoms with Crippen LogP contribution in [0.2, 0.25) is 0 Å². The van der Waals surface area contributed by atoms with Crippen molar-refractivity contribution in [1.29, 1.82) is 0 Å². The maximum absolute atomic E-state index is 12.9. The molecule has 2 fully saturated rings. The Morgan fingerprint density at radius 2 is 1.71 bits per heavy atom. The van der Waals surface area contributed by atoms with Gasteiger partial charge in [-0.15, -0.1) is 0 Å². The van der Waals surface area contributed by atoms with Gasteiger partial charge in [0.25, 0.3) is 0 Å². The fourth-order valence-corrected chi connectivity index (χ4v) is 4.52. The highest BCUT2D eigenvalue weighted by Gasteiger charge is 2.50. The Labute approximate surface area is 131 Å². The molecule has 2 rings (SSSR count). The van der Waals surface area contributed by atoms with Crippen LogP contribution in [-0.4, -0.2) is 17.0 Å². The molecule has 21 heavy (non-hydrogen) atoms. The molecule has 0 bridgehead atoms. The topological polar surface area (TPSA) is 26.3 Å². The molecule has 1 heterocycles. The Morgan fingerprint density at radius 1 is 1.10 bits per heavy atom. The number of rotatable bonds is 5. The van der Waals surface area contributed by atoms with Crippen LogP contribution in [-0.2, 0) is 9.53 Å². The van der Waals surface area contributed by atoms with Gasteiger partial charge in [-0.2, -0.15) is 0 Å². The standard InChI is InChI=1S/C19H34O2/c1-6-7-8-14-9-11-15(12-10-14)17(20)16-13-18(2,3)21-19(16,4)5/h14-16H,6-13H2,1-5H3. The Bertz CT molecular complexity index is 362. The smallest absolute Gasteiger partial charge is 0.142 e. The molecule has 1 aliphatic heterocycles. The van der Waals surface area contributed by atoms with Gasteiger partial charge in [0.2, 0.25) is 0 Å². The normalized spacial score (nSPS) is 34.8. The van der Waals surface area contributed by atoms with Gasteiger partial charge in [0.05, 0.1) is 11.2 Å². The number of hydrogen-bond acceptors (Lipinski definition) is 2. The summed E-state index contributed by atoms with van der Waals surface area (Å²) in [5.74, 6) is 1.74. The first-order chi connectivity index (χ1) is 9.75. The van der Waals surface area contributed by atoms with Crippen LogP contribution in [0.15, 0.2) is 0 Å². The lowest BCUT2D eigenvalue weighted by atomic mass is 9.72. The molecular weight excluding hydrogens is 260 g/mol. The molecule has 1 unspecified atom stereocenters. The maximum atomic E-state index is 12.9. The summed E-state index contributed by atoms with van der Waals surface area (Å²) in [5.41, 5.74) is -0.443. The molecule has 0 radical (unpaired) electrons. The zero-order chi connectivity index (χ0) is 15.7. The molecule has 0 N–H and O–H groups in total. The van der Waals surface area contributed by atoms with E-state index in [9.17, 15) is 4.79 Å². The van der Waals surface area contributed by atoms with Crippen molar-refractivity contribution in [3.05, 3.63) is 0 Å². The van der Waals surface area contributed by atoms with E-state index in [0.717, 1.165) is 25.2 Å². The molecule has 0 aromatic carbocycles. The van der Waals surface area contributed by atoms with Crippen molar-refractivity contribution in [2.45, 2.75) is 97.2 Å². The monoisotopic (exact) mass is 294 g/mol. The van der Waals surface area contributed by atoms with E-state index >= 15 is 0 Å². The first-order valence-corrected chi connectivity index (χ1v) is 8.99. The Kier molecular flexibility index (Phi) is 5.18. The summed E-state index contributed by atoms with van der Waals surface area (Å²) in [5, 5.41) is 0. The minimum atomic E-state index is -0.292. The van der Waals surface area contributed by atoms with E-state index in [1.165, 1.54) is 32.1 Å². The van der Waals surface area contributed by atoms with Gasteiger partial charge in [-0.25, -0.2) is 0 Å². The maximum Gasteiger partial charge on any atom is 0.142 e. The Hall–Kier alpha value is -0.370. The van der Waals surface area contributed by atoms with Crippen LogP contribution < -0.4 is 0 Å². The molecule has 1 saturated heterocycles. The fraction of sp³-hybridized carbons (Fsp3) is 0.947. The lowest BCUT2D eigenvalue weighted by molar-refractivity contribution is -0.134. The predicted molar refractivity (Wildman–Crippen MR) is 87.3 cm³/mol. The summed E-state index contributed by atoms with van der Waals surface area (Å²) in [4.78, 5) is 12.9. The van der Waals surface area contributed by atoms with Crippen LogP contribution in [0.5, 0.6) is 0 Å². The molecule has 2 heteroatoms. The molecule has 0 aromatic rings. The van der Waals surface area contributed by atoms with Gasteiger partial charge < -0.3 is 4.74 Å². The SMILES string of the molecule is CCCCC1CCC(C(=O)C2CC(C)(C)OC2(C)C)CC1. The number of Topliss-reactive ketones (excluding diaryl/α,β-unsaturated/α-hetero) is 1. The Morgan fingerprint density at radius 3 is 2.19 bits per heavy atom. The molecule has 0 aromatic heterocycles. The summed E-state index contributed by atoms with van der Waals surface area (Å²) in [7, 11) is 0. The van der Waals surface area contributed by atoms with Gasteiger partial charge >= 0.3 is 0 Å². The van der Waals surface area contributed by atoms with Gasteiger partial charge in [0, 0.05) is 11.8 Å². The van der Waals surface area contributed by atoms with Gasteiger partial charge in [-0.1, -0.05) is 26.2 Å². The molecule has 1 saturated carbocycles. The number of unbranched alkanes of at least 4 members (excludes halogenated alkanes) is 1. The van der Waals surface area contributed by atoms with Crippen LogP contribution in [0.3, 0.4) is 0 Å². The fourth-order valence-electron chi connectivity index (χ4n) is 4.52. The van der Waals surface area contributed by atoms with Crippen LogP contribution in [0.1, 0.15) is 86.0 Å². The summed E-state index contributed by atoms with van der Waals surface area (Å²) >= 11 is 0. The van der Waals surface area contributed by atoms with Crippen LogP contribution in [0, 0.1) is 17.8 Å². The summed E-state index contributed by atoms with van der Waals surface area (Å²) in [6, 6.07) is 0. The van der Waals surface area contributed by atoms with Crippen molar-refractivity contribution in [2.24, 2.45) is 17.8 Å². The third-order valence-corrected chi connectivity index (χ3v) is 5.63. The number of carbonyl (C=O) groups is 1. The first kappa shape index (κ1) is 17.0. The second kappa shape index (κ2) is 6.40. The number of carbonyl (C=O) groups excluding carboxylic acids is 1. The average molecular weight is 294 g/mol. The zero-order valence-corrected chi connectivity index (χ0v) is 14.7. The van der Waals surface area contributed by atoms with Gasteiger partial charge in [0.15, 0.2) is 0 Å². The number of ether oxygens (including phenoxy) is 1. The lowest BCUT2D eigenvalue weighted by Crippen LogP contribution is -2.38.